The lowest BCUT2D eigenvalue weighted by Gasteiger charge is -2.36. The fourth-order valence-corrected chi connectivity index (χ4v) is 3.04. The first-order valence-corrected chi connectivity index (χ1v) is 7.13. The first-order valence-electron chi connectivity index (χ1n) is 7.13. The smallest absolute Gasteiger partial charge is 0.163 e. The Labute approximate surface area is 113 Å². The van der Waals surface area contributed by atoms with Gasteiger partial charge in [-0.3, -0.25) is 4.68 Å². The van der Waals surface area contributed by atoms with E-state index in [2.05, 4.69) is 21.9 Å². The van der Waals surface area contributed by atoms with Gasteiger partial charge in [0, 0.05) is 19.6 Å². The SMILES string of the molecule is CCC1CCCCN1c1nc(C)nc2c1cnn2C. The summed E-state index contributed by atoms with van der Waals surface area (Å²) < 4.78 is 1.83. The number of aryl methyl sites for hydroxylation is 2. The van der Waals surface area contributed by atoms with Crippen LogP contribution in [0.1, 0.15) is 38.4 Å². The van der Waals surface area contributed by atoms with E-state index in [0.29, 0.717) is 6.04 Å². The van der Waals surface area contributed by atoms with Gasteiger partial charge in [-0.1, -0.05) is 6.92 Å². The Morgan fingerprint density at radius 1 is 1.32 bits per heavy atom. The lowest BCUT2D eigenvalue weighted by atomic mass is 10.00. The number of hydrogen-bond acceptors (Lipinski definition) is 4. The molecule has 3 rings (SSSR count). The Balaban J connectivity index is 2.12. The minimum Gasteiger partial charge on any atom is -0.353 e. The van der Waals surface area contributed by atoms with Gasteiger partial charge in [-0.25, -0.2) is 9.97 Å². The summed E-state index contributed by atoms with van der Waals surface area (Å²) in [6.45, 7) is 5.32. The summed E-state index contributed by atoms with van der Waals surface area (Å²) in [5.41, 5.74) is 0.933. The summed E-state index contributed by atoms with van der Waals surface area (Å²) >= 11 is 0. The molecule has 102 valence electrons. The zero-order valence-electron chi connectivity index (χ0n) is 11.9. The van der Waals surface area contributed by atoms with Crippen LogP contribution in [-0.2, 0) is 7.05 Å². The number of rotatable bonds is 2. The van der Waals surface area contributed by atoms with Crippen LogP contribution >= 0.6 is 0 Å². The van der Waals surface area contributed by atoms with Gasteiger partial charge < -0.3 is 4.90 Å². The van der Waals surface area contributed by atoms with Gasteiger partial charge in [-0.05, 0) is 32.6 Å². The highest BCUT2D eigenvalue weighted by Gasteiger charge is 2.25. The second kappa shape index (κ2) is 4.79. The average Bonchev–Trinajstić information content (AvgIpc) is 2.79. The third-order valence-electron chi connectivity index (χ3n) is 4.05. The number of nitrogens with zero attached hydrogens (tertiary/aromatic N) is 5. The number of anilines is 1. The zero-order valence-corrected chi connectivity index (χ0v) is 11.9. The molecule has 0 saturated carbocycles. The van der Waals surface area contributed by atoms with Crippen LogP contribution in [-0.4, -0.2) is 32.3 Å². The van der Waals surface area contributed by atoms with Gasteiger partial charge in [-0.2, -0.15) is 5.10 Å². The van der Waals surface area contributed by atoms with Crippen molar-refractivity contribution < 1.29 is 0 Å². The highest BCUT2D eigenvalue weighted by molar-refractivity contribution is 5.87. The van der Waals surface area contributed by atoms with Crippen LogP contribution < -0.4 is 4.90 Å². The lowest BCUT2D eigenvalue weighted by molar-refractivity contribution is 0.447. The van der Waals surface area contributed by atoms with E-state index in [1.54, 1.807) is 0 Å². The molecule has 3 heterocycles. The minimum atomic E-state index is 0.603. The first kappa shape index (κ1) is 12.4. The quantitative estimate of drug-likeness (QED) is 0.831. The van der Waals surface area contributed by atoms with Gasteiger partial charge in [-0.15, -0.1) is 0 Å². The van der Waals surface area contributed by atoms with Gasteiger partial charge in [0.1, 0.15) is 11.6 Å². The molecule has 1 atom stereocenters. The van der Waals surface area contributed by atoms with Crippen LogP contribution in [0.5, 0.6) is 0 Å². The molecule has 0 aromatic carbocycles. The maximum atomic E-state index is 4.70. The number of hydrogen-bond donors (Lipinski definition) is 0. The molecule has 0 spiro atoms. The fraction of sp³-hybridized carbons (Fsp3) is 0.643. The van der Waals surface area contributed by atoms with Crippen LogP contribution in [0.4, 0.5) is 5.82 Å². The van der Waals surface area contributed by atoms with Crippen LogP contribution in [0, 0.1) is 6.92 Å². The molecular formula is C14H21N5. The second-order valence-corrected chi connectivity index (χ2v) is 5.35. The molecule has 1 aliphatic heterocycles. The summed E-state index contributed by atoms with van der Waals surface area (Å²) in [5.74, 6) is 1.90. The highest BCUT2D eigenvalue weighted by Crippen LogP contribution is 2.30. The van der Waals surface area contributed by atoms with Crippen molar-refractivity contribution in [1.29, 1.82) is 0 Å². The van der Waals surface area contributed by atoms with E-state index < -0.39 is 0 Å². The normalized spacial score (nSPS) is 20.2. The summed E-state index contributed by atoms with van der Waals surface area (Å²) in [6, 6.07) is 0.603. The fourth-order valence-electron chi connectivity index (χ4n) is 3.04. The Morgan fingerprint density at radius 2 is 2.16 bits per heavy atom. The first-order chi connectivity index (χ1) is 9.20. The molecule has 0 aliphatic carbocycles. The zero-order chi connectivity index (χ0) is 13.4. The molecule has 1 unspecified atom stereocenters. The van der Waals surface area contributed by atoms with Crippen LogP contribution in [0.3, 0.4) is 0 Å². The molecule has 5 nitrogen and oxygen atoms in total. The topological polar surface area (TPSA) is 46.8 Å². The van der Waals surface area contributed by atoms with Gasteiger partial charge in [0.25, 0.3) is 0 Å². The predicted molar refractivity (Wildman–Crippen MR) is 76.3 cm³/mol. The van der Waals surface area contributed by atoms with Gasteiger partial charge in [0.15, 0.2) is 5.65 Å². The molecule has 2 aromatic heterocycles. The van der Waals surface area contributed by atoms with Crippen LogP contribution in [0.2, 0.25) is 0 Å². The molecule has 1 saturated heterocycles. The van der Waals surface area contributed by atoms with E-state index in [9.17, 15) is 0 Å². The minimum absolute atomic E-state index is 0.603. The van der Waals surface area contributed by atoms with Crippen molar-refractivity contribution in [3.05, 3.63) is 12.0 Å². The summed E-state index contributed by atoms with van der Waals surface area (Å²) in [6.07, 6.45) is 6.91. The molecule has 2 aromatic rings. The second-order valence-electron chi connectivity index (χ2n) is 5.35. The van der Waals surface area contributed by atoms with E-state index in [-0.39, 0.29) is 0 Å². The molecule has 0 bridgehead atoms. The van der Waals surface area contributed by atoms with E-state index >= 15 is 0 Å². The predicted octanol–water partition coefficient (Wildman–Crippen LogP) is 2.44. The Morgan fingerprint density at radius 3 is 2.95 bits per heavy atom. The highest BCUT2D eigenvalue weighted by atomic mass is 15.3. The van der Waals surface area contributed by atoms with Crippen molar-refractivity contribution in [2.24, 2.45) is 7.05 Å². The van der Waals surface area contributed by atoms with Crippen molar-refractivity contribution in [2.75, 3.05) is 11.4 Å². The van der Waals surface area contributed by atoms with E-state index in [0.717, 1.165) is 29.2 Å². The van der Waals surface area contributed by atoms with Crippen molar-refractivity contribution >= 4 is 16.9 Å². The lowest BCUT2D eigenvalue weighted by Crippen LogP contribution is -2.39. The maximum Gasteiger partial charge on any atom is 0.163 e. The van der Waals surface area contributed by atoms with E-state index in [1.165, 1.54) is 25.7 Å². The monoisotopic (exact) mass is 259 g/mol. The Kier molecular flexibility index (Phi) is 3.12. The van der Waals surface area contributed by atoms with Gasteiger partial charge in [0.2, 0.25) is 0 Å². The van der Waals surface area contributed by atoms with Gasteiger partial charge >= 0.3 is 0 Å². The summed E-state index contributed by atoms with van der Waals surface area (Å²) in [5, 5.41) is 5.41. The third-order valence-corrected chi connectivity index (χ3v) is 4.05. The number of piperidine rings is 1. The number of fused-ring (bicyclic) bond motifs is 1. The molecule has 19 heavy (non-hydrogen) atoms. The summed E-state index contributed by atoms with van der Waals surface area (Å²) in [4.78, 5) is 11.7. The average molecular weight is 259 g/mol. The van der Waals surface area contributed by atoms with Crippen molar-refractivity contribution in [2.45, 2.75) is 45.6 Å². The Hall–Kier alpha value is -1.65. The molecule has 1 aliphatic rings. The molecule has 5 heteroatoms. The third kappa shape index (κ3) is 2.07. The number of aromatic nitrogens is 4. The summed E-state index contributed by atoms with van der Waals surface area (Å²) in [7, 11) is 1.94. The Bertz CT molecular complexity index is 589. The molecule has 0 amide bonds. The van der Waals surface area contributed by atoms with Gasteiger partial charge in [0.05, 0.1) is 11.6 Å². The van der Waals surface area contributed by atoms with Crippen molar-refractivity contribution in [3.8, 4) is 0 Å². The molecule has 0 radical (unpaired) electrons. The molecule has 1 fully saturated rings. The van der Waals surface area contributed by atoms with Crippen LogP contribution in [0.25, 0.3) is 11.0 Å². The maximum absolute atomic E-state index is 4.70. The molecular weight excluding hydrogens is 238 g/mol. The van der Waals surface area contributed by atoms with E-state index in [4.69, 9.17) is 4.98 Å². The van der Waals surface area contributed by atoms with Crippen molar-refractivity contribution in [1.82, 2.24) is 19.7 Å². The standard InChI is InChI=1S/C14H21N5/c1-4-11-7-5-6-8-19(11)14-12-9-15-18(3)13(12)16-10(2)17-14/h9,11H,4-8H2,1-3H3. The largest absolute Gasteiger partial charge is 0.353 e. The van der Waals surface area contributed by atoms with Crippen LogP contribution in [0.15, 0.2) is 6.20 Å². The molecule has 0 N–H and O–H groups in total. The van der Waals surface area contributed by atoms with Crippen molar-refractivity contribution in [3.63, 3.8) is 0 Å². The van der Waals surface area contributed by atoms with E-state index in [1.807, 2.05) is 24.9 Å².